The largest absolute Gasteiger partial charge is 0.496 e. The SMILES string of the molecule is COc1ccccc1CCC(=O)Nc1cccc(C(=O)NC2CC2)c1. The Kier molecular flexibility index (Phi) is 5.33. The van der Waals surface area contributed by atoms with Crippen LogP contribution >= 0.6 is 0 Å². The molecule has 0 bridgehead atoms. The highest BCUT2D eigenvalue weighted by molar-refractivity contribution is 5.97. The first-order chi connectivity index (χ1) is 12.2. The number of carbonyl (C=O) groups is 2. The van der Waals surface area contributed by atoms with E-state index in [0.717, 1.165) is 24.2 Å². The molecule has 0 saturated heterocycles. The van der Waals surface area contributed by atoms with Gasteiger partial charge >= 0.3 is 0 Å². The molecule has 0 radical (unpaired) electrons. The standard InChI is InChI=1S/C20H22N2O3/c1-25-18-8-3-2-5-14(18)9-12-19(23)21-17-7-4-6-15(13-17)20(24)22-16-10-11-16/h2-8,13,16H,9-12H2,1H3,(H,21,23)(H,22,24). The van der Waals surface area contributed by atoms with Crippen molar-refractivity contribution in [3.8, 4) is 5.75 Å². The van der Waals surface area contributed by atoms with Crippen LogP contribution in [0.15, 0.2) is 48.5 Å². The van der Waals surface area contributed by atoms with Gasteiger partial charge in [0.05, 0.1) is 7.11 Å². The predicted molar refractivity (Wildman–Crippen MR) is 96.9 cm³/mol. The molecule has 0 unspecified atom stereocenters. The molecule has 2 aromatic rings. The molecular formula is C20H22N2O3. The van der Waals surface area contributed by atoms with E-state index in [1.54, 1.807) is 31.4 Å². The molecule has 2 N–H and O–H groups in total. The van der Waals surface area contributed by atoms with Crippen LogP contribution in [0.5, 0.6) is 5.75 Å². The number of hydrogen-bond acceptors (Lipinski definition) is 3. The molecule has 0 aliphatic heterocycles. The minimum absolute atomic E-state index is 0.0902. The van der Waals surface area contributed by atoms with Crippen molar-refractivity contribution >= 4 is 17.5 Å². The van der Waals surface area contributed by atoms with Crippen molar-refractivity contribution in [3.63, 3.8) is 0 Å². The lowest BCUT2D eigenvalue weighted by molar-refractivity contribution is -0.116. The van der Waals surface area contributed by atoms with Crippen LogP contribution < -0.4 is 15.4 Å². The maximum atomic E-state index is 12.2. The lowest BCUT2D eigenvalue weighted by atomic mass is 10.1. The van der Waals surface area contributed by atoms with Gasteiger partial charge in [0.15, 0.2) is 0 Å². The smallest absolute Gasteiger partial charge is 0.251 e. The number of hydrogen-bond donors (Lipinski definition) is 2. The summed E-state index contributed by atoms with van der Waals surface area (Å²) in [5.74, 6) is 0.604. The summed E-state index contributed by atoms with van der Waals surface area (Å²) < 4.78 is 5.30. The Labute approximate surface area is 147 Å². The van der Waals surface area contributed by atoms with Crippen molar-refractivity contribution in [2.75, 3.05) is 12.4 Å². The molecule has 2 aromatic carbocycles. The van der Waals surface area contributed by atoms with E-state index in [9.17, 15) is 9.59 Å². The summed E-state index contributed by atoms with van der Waals surface area (Å²) in [6.45, 7) is 0. The summed E-state index contributed by atoms with van der Waals surface area (Å²) in [5, 5.41) is 5.80. The van der Waals surface area contributed by atoms with E-state index in [4.69, 9.17) is 4.74 Å². The van der Waals surface area contributed by atoms with E-state index >= 15 is 0 Å². The third kappa shape index (κ3) is 4.83. The Morgan fingerprint density at radius 2 is 1.92 bits per heavy atom. The first-order valence-corrected chi connectivity index (χ1v) is 8.48. The van der Waals surface area contributed by atoms with Gasteiger partial charge in [0, 0.05) is 23.7 Å². The van der Waals surface area contributed by atoms with E-state index < -0.39 is 0 Å². The maximum Gasteiger partial charge on any atom is 0.251 e. The van der Waals surface area contributed by atoms with Gasteiger partial charge in [0.2, 0.25) is 5.91 Å². The molecule has 0 heterocycles. The number of ether oxygens (including phenoxy) is 1. The van der Waals surface area contributed by atoms with Crippen molar-refractivity contribution in [3.05, 3.63) is 59.7 Å². The summed E-state index contributed by atoms with van der Waals surface area (Å²) in [6.07, 6.45) is 3.03. The van der Waals surface area contributed by atoms with Crippen molar-refractivity contribution in [1.82, 2.24) is 5.32 Å². The van der Waals surface area contributed by atoms with Gasteiger partial charge in [-0.15, -0.1) is 0 Å². The quantitative estimate of drug-likeness (QED) is 0.815. The van der Waals surface area contributed by atoms with E-state index in [-0.39, 0.29) is 11.8 Å². The highest BCUT2D eigenvalue weighted by Crippen LogP contribution is 2.21. The Morgan fingerprint density at radius 1 is 1.12 bits per heavy atom. The van der Waals surface area contributed by atoms with Crippen LogP contribution in [0.2, 0.25) is 0 Å². The Bertz CT molecular complexity index is 769. The molecule has 1 saturated carbocycles. The van der Waals surface area contributed by atoms with Gasteiger partial charge in [-0.3, -0.25) is 9.59 Å². The zero-order valence-corrected chi connectivity index (χ0v) is 14.2. The molecule has 1 aliphatic rings. The van der Waals surface area contributed by atoms with Crippen LogP contribution in [0.25, 0.3) is 0 Å². The van der Waals surface area contributed by atoms with E-state index in [2.05, 4.69) is 10.6 Å². The second-order valence-corrected chi connectivity index (χ2v) is 6.19. The summed E-state index contributed by atoms with van der Waals surface area (Å²) in [7, 11) is 1.62. The first kappa shape index (κ1) is 17.0. The fourth-order valence-corrected chi connectivity index (χ4v) is 2.62. The second-order valence-electron chi connectivity index (χ2n) is 6.19. The predicted octanol–water partition coefficient (Wildman–Crippen LogP) is 3.16. The fraction of sp³-hybridized carbons (Fsp3) is 0.300. The monoisotopic (exact) mass is 338 g/mol. The number of amides is 2. The third-order valence-electron chi connectivity index (χ3n) is 4.14. The van der Waals surface area contributed by atoms with E-state index in [1.807, 2.05) is 24.3 Å². The number of nitrogens with one attached hydrogen (secondary N) is 2. The summed E-state index contributed by atoms with van der Waals surface area (Å²) in [5.41, 5.74) is 2.20. The Morgan fingerprint density at radius 3 is 2.68 bits per heavy atom. The molecule has 0 spiro atoms. The number of carbonyl (C=O) groups excluding carboxylic acids is 2. The number of benzene rings is 2. The first-order valence-electron chi connectivity index (χ1n) is 8.48. The molecule has 1 aliphatic carbocycles. The van der Waals surface area contributed by atoms with Crippen LogP contribution in [0.3, 0.4) is 0 Å². The second kappa shape index (κ2) is 7.83. The van der Waals surface area contributed by atoms with Gasteiger partial charge in [-0.1, -0.05) is 24.3 Å². The average molecular weight is 338 g/mol. The highest BCUT2D eigenvalue weighted by atomic mass is 16.5. The minimum atomic E-state index is -0.0920. The molecular weight excluding hydrogens is 316 g/mol. The fourth-order valence-electron chi connectivity index (χ4n) is 2.62. The van der Waals surface area contributed by atoms with Gasteiger partial charge in [-0.05, 0) is 49.1 Å². The number of methoxy groups -OCH3 is 1. The van der Waals surface area contributed by atoms with Gasteiger partial charge < -0.3 is 15.4 Å². The Balaban J connectivity index is 1.56. The van der Waals surface area contributed by atoms with Crippen LogP contribution in [-0.2, 0) is 11.2 Å². The zero-order chi connectivity index (χ0) is 17.6. The Hall–Kier alpha value is -2.82. The molecule has 3 rings (SSSR count). The molecule has 25 heavy (non-hydrogen) atoms. The van der Waals surface area contributed by atoms with Gasteiger partial charge in [-0.25, -0.2) is 0 Å². The van der Waals surface area contributed by atoms with Crippen LogP contribution in [0, 0.1) is 0 Å². The van der Waals surface area contributed by atoms with Crippen molar-refractivity contribution in [2.45, 2.75) is 31.7 Å². The average Bonchev–Trinajstić information content (AvgIpc) is 3.44. The molecule has 2 amide bonds. The summed E-state index contributed by atoms with van der Waals surface area (Å²) in [4.78, 5) is 24.3. The lowest BCUT2D eigenvalue weighted by Gasteiger charge is -2.09. The number of anilines is 1. The van der Waals surface area contributed by atoms with Crippen LogP contribution in [0.1, 0.15) is 35.2 Å². The van der Waals surface area contributed by atoms with Crippen LogP contribution in [0.4, 0.5) is 5.69 Å². The molecule has 5 nitrogen and oxygen atoms in total. The number of rotatable bonds is 7. The van der Waals surface area contributed by atoms with Crippen LogP contribution in [-0.4, -0.2) is 25.0 Å². The third-order valence-corrected chi connectivity index (χ3v) is 4.14. The van der Waals surface area contributed by atoms with Crippen molar-refractivity contribution < 1.29 is 14.3 Å². The van der Waals surface area contributed by atoms with Gasteiger partial charge in [-0.2, -0.15) is 0 Å². The molecule has 1 fully saturated rings. The normalized spacial score (nSPS) is 13.2. The van der Waals surface area contributed by atoms with E-state index in [0.29, 0.717) is 30.1 Å². The molecule has 0 aromatic heterocycles. The molecule has 130 valence electrons. The van der Waals surface area contributed by atoms with Crippen molar-refractivity contribution in [1.29, 1.82) is 0 Å². The highest BCUT2D eigenvalue weighted by Gasteiger charge is 2.23. The topological polar surface area (TPSA) is 67.4 Å². The number of aryl methyl sites for hydroxylation is 1. The maximum absolute atomic E-state index is 12.2. The van der Waals surface area contributed by atoms with E-state index in [1.165, 1.54) is 0 Å². The molecule has 0 atom stereocenters. The minimum Gasteiger partial charge on any atom is -0.496 e. The zero-order valence-electron chi connectivity index (χ0n) is 14.2. The van der Waals surface area contributed by atoms with Gasteiger partial charge in [0.25, 0.3) is 5.91 Å². The number of para-hydroxylation sites is 1. The van der Waals surface area contributed by atoms with Crippen molar-refractivity contribution in [2.24, 2.45) is 0 Å². The summed E-state index contributed by atoms with van der Waals surface area (Å²) >= 11 is 0. The lowest BCUT2D eigenvalue weighted by Crippen LogP contribution is -2.25. The molecule has 5 heteroatoms. The summed E-state index contributed by atoms with van der Waals surface area (Å²) in [6, 6.07) is 15.0. The van der Waals surface area contributed by atoms with Gasteiger partial charge in [0.1, 0.15) is 5.75 Å².